The molecule has 5 rings (SSSR count). The molecule has 2 aromatic heterocycles. The van der Waals surface area contributed by atoms with E-state index in [0.717, 1.165) is 16.6 Å². The zero-order valence-electron chi connectivity index (χ0n) is 18.3. The summed E-state index contributed by atoms with van der Waals surface area (Å²) < 4.78 is 3.46. The molecular formula is C24H23ClN6O2. The largest absolute Gasteiger partial charge is 0.340 e. The monoisotopic (exact) mass is 462 g/mol. The molecule has 9 heteroatoms. The molecule has 2 aromatic carbocycles. The van der Waals surface area contributed by atoms with Crippen molar-refractivity contribution in [1.29, 1.82) is 0 Å². The molecule has 4 aromatic rings. The Kier molecular flexibility index (Phi) is 5.38. The van der Waals surface area contributed by atoms with Crippen LogP contribution in [0.4, 0.5) is 0 Å². The second-order valence-electron chi connectivity index (χ2n) is 8.24. The van der Waals surface area contributed by atoms with E-state index in [0.29, 0.717) is 30.4 Å². The van der Waals surface area contributed by atoms with Gasteiger partial charge in [0.05, 0.1) is 5.69 Å². The highest BCUT2D eigenvalue weighted by Crippen LogP contribution is 2.22. The normalized spacial score (nSPS) is 16.4. The van der Waals surface area contributed by atoms with Gasteiger partial charge in [-0.25, -0.2) is 9.67 Å². The predicted octanol–water partition coefficient (Wildman–Crippen LogP) is 3.40. The van der Waals surface area contributed by atoms with E-state index >= 15 is 0 Å². The van der Waals surface area contributed by atoms with Crippen LogP contribution in [0.2, 0.25) is 5.02 Å². The molecular weight excluding hydrogens is 440 g/mol. The summed E-state index contributed by atoms with van der Waals surface area (Å²) in [5.74, 6) is -0.161. The Morgan fingerprint density at radius 3 is 2.61 bits per heavy atom. The third-order valence-electron chi connectivity index (χ3n) is 6.10. The fraction of sp³-hybridized carbons (Fsp3) is 0.250. The SMILES string of the molecule is CC1CN(C(=O)c2ncn(-c3cccc(Cl)c3)n2)CCN1C(=O)c1cc2ccccc2n1C. The summed E-state index contributed by atoms with van der Waals surface area (Å²) in [5.41, 5.74) is 2.39. The number of amides is 2. The average molecular weight is 463 g/mol. The highest BCUT2D eigenvalue weighted by molar-refractivity contribution is 6.30. The first-order valence-corrected chi connectivity index (χ1v) is 11.1. The third kappa shape index (κ3) is 3.87. The Morgan fingerprint density at radius 2 is 1.85 bits per heavy atom. The van der Waals surface area contributed by atoms with E-state index in [9.17, 15) is 9.59 Å². The lowest BCUT2D eigenvalue weighted by atomic mass is 10.1. The summed E-state index contributed by atoms with van der Waals surface area (Å²) in [5, 5.41) is 5.94. The van der Waals surface area contributed by atoms with E-state index in [1.165, 1.54) is 11.0 Å². The number of carbonyl (C=O) groups excluding carboxylic acids is 2. The smallest absolute Gasteiger partial charge is 0.293 e. The summed E-state index contributed by atoms with van der Waals surface area (Å²) in [6.07, 6.45) is 1.50. The molecule has 0 aliphatic carbocycles. The lowest BCUT2D eigenvalue weighted by Gasteiger charge is -2.39. The number of halogens is 1. The van der Waals surface area contributed by atoms with Crippen LogP contribution in [0.25, 0.3) is 16.6 Å². The maximum Gasteiger partial charge on any atom is 0.293 e. The van der Waals surface area contributed by atoms with Crippen molar-refractivity contribution in [3.05, 3.63) is 77.5 Å². The highest BCUT2D eigenvalue weighted by atomic mass is 35.5. The van der Waals surface area contributed by atoms with Crippen molar-refractivity contribution in [2.45, 2.75) is 13.0 Å². The molecule has 0 radical (unpaired) electrons. The molecule has 33 heavy (non-hydrogen) atoms. The molecule has 8 nitrogen and oxygen atoms in total. The molecule has 0 bridgehead atoms. The van der Waals surface area contributed by atoms with Crippen molar-refractivity contribution in [2.75, 3.05) is 19.6 Å². The Hall–Kier alpha value is -3.65. The van der Waals surface area contributed by atoms with Crippen LogP contribution < -0.4 is 0 Å². The van der Waals surface area contributed by atoms with E-state index in [4.69, 9.17) is 11.6 Å². The van der Waals surface area contributed by atoms with Crippen LogP contribution in [0.1, 0.15) is 28.0 Å². The van der Waals surface area contributed by atoms with Crippen molar-refractivity contribution in [3.63, 3.8) is 0 Å². The molecule has 1 atom stereocenters. The second kappa shape index (κ2) is 8.37. The van der Waals surface area contributed by atoms with E-state index in [2.05, 4.69) is 10.1 Å². The van der Waals surface area contributed by atoms with Gasteiger partial charge in [0.15, 0.2) is 0 Å². The van der Waals surface area contributed by atoms with Crippen LogP contribution in [0.3, 0.4) is 0 Å². The molecule has 3 heterocycles. The Morgan fingerprint density at radius 1 is 1.03 bits per heavy atom. The Bertz CT molecular complexity index is 1360. The fourth-order valence-electron chi connectivity index (χ4n) is 4.33. The molecule has 1 fully saturated rings. The van der Waals surface area contributed by atoms with Crippen LogP contribution in [0.15, 0.2) is 60.9 Å². The summed E-state index contributed by atoms with van der Waals surface area (Å²) >= 11 is 6.05. The van der Waals surface area contributed by atoms with E-state index in [1.807, 2.05) is 65.9 Å². The maximum atomic E-state index is 13.3. The summed E-state index contributed by atoms with van der Waals surface area (Å²) in [7, 11) is 1.90. The van der Waals surface area contributed by atoms with Crippen LogP contribution in [-0.2, 0) is 7.05 Å². The Balaban J connectivity index is 1.30. The minimum absolute atomic E-state index is 0.0309. The minimum Gasteiger partial charge on any atom is -0.340 e. The number of aromatic nitrogens is 4. The standard InChI is InChI=1S/C24H23ClN6O2/c1-16-14-29(24(33)22-26-15-31(27-22)19-8-5-7-18(25)13-19)10-11-30(16)23(32)21-12-17-6-3-4-9-20(17)28(21)2/h3-9,12-13,15-16H,10-11,14H2,1-2H3. The van der Waals surface area contributed by atoms with Crippen LogP contribution in [0.5, 0.6) is 0 Å². The van der Waals surface area contributed by atoms with Gasteiger partial charge in [0.2, 0.25) is 5.82 Å². The highest BCUT2D eigenvalue weighted by Gasteiger charge is 2.33. The van der Waals surface area contributed by atoms with E-state index in [-0.39, 0.29) is 23.7 Å². The van der Waals surface area contributed by atoms with Gasteiger partial charge in [-0.1, -0.05) is 35.9 Å². The first-order valence-electron chi connectivity index (χ1n) is 10.7. The third-order valence-corrected chi connectivity index (χ3v) is 6.34. The molecule has 0 N–H and O–H groups in total. The van der Waals surface area contributed by atoms with Crippen LogP contribution in [-0.4, -0.2) is 66.6 Å². The zero-order chi connectivity index (χ0) is 23.1. The van der Waals surface area contributed by atoms with Gasteiger partial charge in [-0.15, -0.1) is 5.10 Å². The first-order chi connectivity index (χ1) is 15.9. The summed E-state index contributed by atoms with van der Waals surface area (Å²) in [4.78, 5) is 34.1. The quantitative estimate of drug-likeness (QED) is 0.467. The number of hydrogen-bond donors (Lipinski definition) is 0. The van der Waals surface area contributed by atoms with Crippen molar-refractivity contribution in [3.8, 4) is 5.69 Å². The average Bonchev–Trinajstić information content (AvgIpc) is 3.44. The number of aryl methyl sites for hydroxylation is 1. The topological polar surface area (TPSA) is 76.3 Å². The van der Waals surface area contributed by atoms with Crippen molar-refractivity contribution in [1.82, 2.24) is 29.1 Å². The molecule has 0 saturated carbocycles. The second-order valence-corrected chi connectivity index (χ2v) is 8.68. The van der Waals surface area contributed by atoms with Crippen molar-refractivity contribution < 1.29 is 9.59 Å². The lowest BCUT2D eigenvalue weighted by Crippen LogP contribution is -2.55. The Labute approximate surface area is 196 Å². The van der Waals surface area contributed by atoms with Crippen LogP contribution >= 0.6 is 11.6 Å². The van der Waals surface area contributed by atoms with Gasteiger partial charge in [0.1, 0.15) is 12.0 Å². The van der Waals surface area contributed by atoms with Crippen LogP contribution in [0, 0.1) is 0 Å². The fourth-order valence-corrected chi connectivity index (χ4v) is 4.52. The van der Waals surface area contributed by atoms with E-state index in [1.54, 1.807) is 17.0 Å². The van der Waals surface area contributed by atoms with Crippen molar-refractivity contribution in [2.24, 2.45) is 7.05 Å². The molecule has 2 amide bonds. The molecule has 1 saturated heterocycles. The van der Waals surface area contributed by atoms with Gasteiger partial charge >= 0.3 is 0 Å². The van der Waals surface area contributed by atoms with Gasteiger partial charge in [0, 0.05) is 48.6 Å². The van der Waals surface area contributed by atoms with Gasteiger partial charge in [0.25, 0.3) is 11.8 Å². The molecule has 168 valence electrons. The maximum absolute atomic E-state index is 13.3. The predicted molar refractivity (Wildman–Crippen MR) is 126 cm³/mol. The number of hydrogen-bond acceptors (Lipinski definition) is 4. The molecule has 1 unspecified atom stereocenters. The number of piperazine rings is 1. The van der Waals surface area contributed by atoms with E-state index < -0.39 is 0 Å². The number of para-hydroxylation sites is 1. The number of rotatable bonds is 3. The summed E-state index contributed by atoms with van der Waals surface area (Å²) in [6.45, 7) is 3.24. The van der Waals surface area contributed by atoms with Crippen molar-refractivity contribution >= 4 is 34.3 Å². The van der Waals surface area contributed by atoms with Gasteiger partial charge in [-0.2, -0.15) is 0 Å². The molecule has 0 spiro atoms. The lowest BCUT2D eigenvalue weighted by molar-refractivity contribution is 0.0403. The number of benzene rings is 2. The summed E-state index contributed by atoms with van der Waals surface area (Å²) in [6, 6.07) is 16.9. The first kappa shape index (κ1) is 21.2. The van der Waals surface area contributed by atoms with Gasteiger partial charge in [-0.05, 0) is 37.3 Å². The molecule has 1 aliphatic rings. The van der Waals surface area contributed by atoms with Gasteiger partial charge < -0.3 is 14.4 Å². The minimum atomic E-state index is -0.251. The van der Waals surface area contributed by atoms with Gasteiger partial charge in [-0.3, -0.25) is 9.59 Å². The number of carbonyl (C=O) groups is 2. The molecule has 1 aliphatic heterocycles. The number of fused-ring (bicyclic) bond motifs is 1. The number of nitrogens with zero attached hydrogens (tertiary/aromatic N) is 6. The zero-order valence-corrected chi connectivity index (χ0v) is 19.1.